The number of hydrogen-bond acceptors (Lipinski definition) is 5. The molecule has 0 saturated carbocycles. The predicted octanol–water partition coefficient (Wildman–Crippen LogP) is 8.95. The van der Waals surface area contributed by atoms with E-state index in [0.29, 0.717) is 13.0 Å². The molecule has 1 atom stereocenters. The van der Waals surface area contributed by atoms with Crippen molar-refractivity contribution in [2.75, 3.05) is 11.5 Å². The van der Waals surface area contributed by atoms with Crippen molar-refractivity contribution >= 4 is 109 Å². The van der Waals surface area contributed by atoms with Gasteiger partial charge in [0.25, 0.3) is 0 Å². The van der Waals surface area contributed by atoms with Crippen LogP contribution in [-0.4, -0.2) is 39.5 Å². The normalized spacial score (nSPS) is 11.2. The van der Waals surface area contributed by atoms with Crippen molar-refractivity contribution in [3.63, 3.8) is 0 Å². The smallest absolute Gasteiger partial charge is 0.325 e. The van der Waals surface area contributed by atoms with Gasteiger partial charge >= 0.3 is 6.03 Å². The molecule has 0 aliphatic rings. The fourth-order valence-electron chi connectivity index (χ4n) is 2.50. The maximum absolute atomic E-state index is 12.7. The first-order chi connectivity index (χ1) is 17.3. The van der Waals surface area contributed by atoms with Crippen LogP contribution in [0.1, 0.15) is 70.4 Å². The number of thiol groups is 1. The topological polar surface area (TPSA) is 75.4 Å². The number of amides is 3. The lowest BCUT2D eigenvalue weighted by molar-refractivity contribution is -0.129. The number of nitrogens with zero attached hydrogens (tertiary/aromatic N) is 2. The number of urea groups is 1. The molecule has 36 heavy (non-hydrogen) atoms. The molecule has 1 heterocycles. The maximum Gasteiger partial charge on any atom is 0.325 e. The molecule has 3 amide bonds. The van der Waals surface area contributed by atoms with Gasteiger partial charge in [-0.3, -0.25) is 9.69 Å². The number of carbonyl (C=O) groups excluding carboxylic acids is 2. The summed E-state index contributed by atoms with van der Waals surface area (Å²) in [6, 6.07) is 9.51. The van der Waals surface area contributed by atoms with E-state index in [2.05, 4.69) is 85.5 Å². The highest BCUT2D eigenvalue weighted by Gasteiger charge is 2.23. The van der Waals surface area contributed by atoms with Gasteiger partial charge in [0.2, 0.25) is 5.91 Å². The number of benzene rings is 1. The minimum Gasteiger partial charge on any atom is -0.365 e. The Bertz CT molecular complexity index is 847. The fourth-order valence-corrected chi connectivity index (χ4v) is 11.5. The van der Waals surface area contributed by atoms with E-state index < -0.39 is 5.37 Å². The Morgan fingerprint density at radius 3 is 2.22 bits per heavy atom. The lowest BCUT2D eigenvalue weighted by atomic mass is 10.1. The fraction of sp³-hybridized carbons (Fsp3) is 0.480. The summed E-state index contributed by atoms with van der Waals surface area (Å²) in [5, 5.41) is 5.76. The summed E-state index contributed by atoms with van der Waals surface area (Å²) >= 11 is 9.06. The minimum atomic E-state index is -0.449. The summed E-state index contributed by atoms with van der Waals surface area (Å²) in [6.07, 6.45) is 5.20. The van der Waals surface area contributed by atoms with E-state index in [-0.39, 0.29) is 55.3 Å². The van der Waals surface area contributed by atoms with E-state index in [1.165, 1.54) is 18.2 Å². The number of imide groups is 1. The Morgan fingerprint density at radius 2 is 1.83 bits per heavy atom. The Hall–Kier alpha value is 0.380. The molecule has 0 radical (unpaired) electrons. The predicted molar refractivity (Wildman–Crippen MR) is 194 cm³/mol. The molecule has 2 aromatic rings. The second-order valence-electron chi connectivity index (χ2n) is 7.12. The van der Waals surface area contributed by atoms with Crippen LogP contribution in [0, 0.1) is 5.92 Å². The van der Waals surface area contributed by atoms with Gasteiger partial charge in [0, 0.05) is 13.0 Å². The molecule has 1 aromatic heterocycles. The minimum absolute atomic E-state index is 0.0324. The van der Waals surface area contributed by atoms with Gasteiger partial charge in [0.1, 0.15) is 6.26 Å². The van der Waals surface area contributed by atoms with Gasteiger partial charge in [-0.2, -0.15) is 0 Å². The Balaban J connectivity index is 0. The molecule has 0 saturated heterocycles. The second kappa shape index (κ2) is 25.6. The molecule has 11 heteroatoms. The van der Waals surface area contributed by atoms with Gasteiger partial charge in [0.15, 0.2) is 0 Å². The van der Waals surface area contributed by atoms with E-state index in [1.54, 1.807) is 12.3 Å². The summed E-state index contributed by atoms with van der Waals surface area (Å²) in [7, 11) is 0. The molecule has 6 nitrogen and oxygen atoms in total. The highest BCUT2D eigenvalue weighted by Crippen LogP contribution is 2.26. The van der Waals surface area contributed by atoms with Crippen molar-refractivity contribution in [2.45, 2.75) is 59.3 Å². The summed E-state index contributed by atoms with van der Waals surface area (Å²) in [5.74, 6) is 0.0900. The Morgan fingerprint density at radius 1 is 1.22 bits per heavy atom. The van der Waals surface area contributed by atoms with Gasteiger partial charge in [-0.05, 0) is 69.8 Å². The average Bonchev–Trinajstić information content (AvgIpc) is 3.48. The summed E-state index contributed by atoms with van der Waals surface area (Å²) in [6.45, 7) is 10.4. The molecule has 0 spiro atoms. The van der Waals surface area contributed by atoms with Crippen LogP contribution in [0.25, 0.3) is 0 Å². The van der Waals surface area contributed by atoms with Crippen LogP contribution in [0.4, 0.5) is 4.79 Å². The molecular weight excluding hydrogens is 930 g/mol. The van der Waals surface area contributed by atoms with Gasteiger partial charge in [0.05, 0.1) is 13.1 Å². The summed E-state index contributed by atoms with van der Waals surface area (Å²) in [5.41, 5.74) is 2.17. The summed E-state index contributed by atoms with van der Waals surface area (Å²) in [4.78, 5) is 28.4. The molecule has 206 valence electrons. The van der Waals surface area contributed by atoms with E-state index in [1.807, 2.05) is 51.7 Å². The first kappa shape index (κ1) is 38.5. The largest absolute Gasteiger partial charge is 0.365 e. The molecule has 1 unspecified atom stereocenters. The van der Waals surface area contributed by atoms with Crippen molar-refractivity contribution in [1.82, 2.24) is 15.4 Å². The molecule has 2 rings (SSSR count). The third-order valence-corrected chi connectivity index (χ3v) is 18.1. The number of nitrogens with one attached hydrogen (secondary N) is 1. The number of carbonyl (C=O) groups is 2. The van der Waals surface area contributed by atoms with Crippen molar-refractivity contribution in [3.05, 3.63) is 53.9 Å². The molecule has 0 aliphatic carbocycles. The maximum atomic E-state index is 12.7. The van der Waals surface area contributed by atoms with Crippen molar-refractivity contribution in [1.29, 1.82) is 0 Å². The molecular formula is C25H39I4N3O3S. The lowest BCUT2D eigenvalue weighted by Crippen LogP contribution is -2.45. The average molecular weight is 969 g/mol. The number of hydrogen-bond donors (Lipinski definition) is 2. The number of aromatic nitrogens is 1. The number of rotatable bonds is 9. The van der Waals surface area contributed by atoms with Gasteiger partial charge in [-0.1, -0.05) is 118 Å². The Kier molecular flexibility index (Phi) is 27.4. The van der Waals surface area contributed by atoms with Crippen molar-refractivity contribution in [2.24, 2.45) is 5.92 Å². The van der Waals surface area contributed by atoms with Crippen LogP contribution in [0.15, 0.2) is 47.3 Å². The van der Waals surface area contributed by atoms with Crippen molar-refractivity contribution < 1.29 is 14.1 Å². The van der Waals surface area contributed by atoms with Crippen LogP contribution in [-0.2, 0) is 4.79 Å². The van der Waals surface area contributed by atoms with E-state index in [0.717, 1.165) is 18.4 Å². The first-order valence-corrected chi connectivity index (χ1v) is 24.1. The SMILES string of the molecule is C=IC(=II)c1ccc(C(S)NC(=O)N(CCCC)C(=O)CC(C)C)cc1.CC.CI.c1cnoc1. The van der Waals surface area contributed by atoms with E-state index in [9.17, 15) is 9.59 Å². The first-order valence-electron chi connectivity index (χ1n) is 11.5. The number of unbranched alkanes of at least 4 members (excludes halogenated alkanes) is 1. The second-order valence-corrected chi connectivity index (χ2v) is 15.8. The van der Waals surface area contributed by atoms with E-state index >= 15 is 0 Å². The lowest BCUT2D eigenvalue weighted by Gasteiger charge is -2.24. The third-order valence-electron chi connectivity index (χ3n) is 4.10. The van der Waals surface area contributed by atoms with Crippen LogP contribution in [0.5, 0.6) is 0 Å². The zero-order valence-electron chi connectivity index (χ0n) is 21.8. The van der Waals surface area contributed by atoms with Gasteiger partial charge < -0.3 is 9.84 Å². The zero-order chi connectivity index (χ0) is 27.9. The quantitative estimate of drug-likeness (QED) is 0.114. The number of halogens is 4. The molecule has 0 aliphatic heterocycles. The third kappa shape index (κ3) is 17.1. The molecule has 0 bridgehead atoms. The van der Waals surface area contributed by atoms with Crippen molar-refractivity contribution in [3.8, 4) is 0 Å². The van der Waals surface area contributed by atoms with Crippen LogP contribution >= 0.6 is 91.3 Å². The van der Waals surface area contributed by atoms with Gasteiger partial charge in [-0.25, -0.2) is 4.79 Å². The number of alkyl halides is 1. The van der Waals surface area contributed by atoms with Gasteiger partial charge in [-0.15, -0.1) is 12.6 Å². The molecule has 0 fully saturated rings. The van der Waals surface area contributed by atoms with E-state index in [4.69, 9.17) is 0 Å². The van der Waals surface area contributed by atoms with Crippen LogP contribution in [0.2, 0.25) is 0 Å². The van der Waals surface area contributed by atoms with Crippen LogP contribution in [0.3, 0.4) is 0 Å². The van der Waals surface area contributed by atoms with Crippen LogP contribution < -0.4 is 5.32 Å². The highest BCUT2D eigenvalue weighted by atomic mass is 128. The Labute approximate surface area is 266 Å². The highest BCUT2D eigenvalue weighted by molar-refractivity contribution is 15.0. The standard InChI is InChI=1S/C19H27I3N2O2S.C3H3NO.C2H6.CH3I/c1-5-6-11-24(16(25)12-13(2)3)19(26)23-18(27)15-9-7-14(8-10-15)17(21-4)22-20;1-2-4-5-3-1;2*1-2/h7-10,13,18,27H,4-6,11-12H2,1-3H3,(H,23,26);1-3H;1-2H3;1H3. The molecule has 1 N–H and O–H groups in total. The zero-order valence-corrected chi connectivity index (χ0v) is 31.3. The monoisotopic (exact) mass is 969 g/mol. The summed E-state index contributed by atoms with van der Waals surface area (Å²) < 4.78 is 9.93. The molecule has 1 aromatic carbocycles.